The summed E-state index contributed by atoms with van der Waals surface area (Å²) < 4.78 is 5.03. The molecule has 142 valence electrons. The van der Waals surface area contributed by atoms with Gasteiger partial charge in [-0.1, -0.05) is 30.3 Å². The number of benzene rings is 1. The molecule has 0 atom stereocenters. The zero-order valence-electron chi connectivity index (χ0n) is 15.3. The average Bonchev–Trinajstić information content (AvgIpc) is 2.73. The summed E-state index contributed by atoms with van der Waals surface area (Å²) in [6.45, 7) is 4.96. The van der Waals surface area contributed by atoms with Gasteiger partial charge in [0.25, 0.3) is 5.91 Å². The third-order valence-corrected chi connectivity index (χ3v) is 4.31. The van der Waals surface area contributed by atoms with Crippen molar-refractivity contribution in [2.75, 3.05) is 37.7 Å². The van der Waals surface area contributed by atoms with E-state index in [1.807, 2.05) is 35.2 Å². The summed E-state index contributed by atoms with van der Waals surface area (Å²) in [7, 11) is 0. The Morgan fingerprint density at radius 1 is 1.11 bits per heavy atom. The first-order valence-electron chi connectivity index (χ1n) is 8.98. The topological polar surface area (TPSA) is 87.7 Å². The van der Waals surface area contributed by atoms with Crippen molar-refractivity contribution in [1.82, 2.24) is 20.2 Å². The van der Waals surface area contributed by atoms with E-state index in [9.17, 15) is 9.59 Å². The Hall–Kier alpha value is -3.16. The Morgan fingerprint density at radius 3 is 2.56 bits per heavy atom. The van der Waals surface area contributed by atoms with Crippen LogP contribution in [0.3, 0.4) is 0 Å². The van der Waals surface area contributed by atoms with Gasteiger partial charge in [0.05, 0.1) is 6.61 Å². The van der Waals surface area contributed by atoms with Gasteiger partial charge in [-0.15, -0.1) is 0 Å². The Kier molecular flexibility index (Phi) is 6.19. The first-order valence-corrected chi connectivity index (χ1v) is 8.98. The van der Waals surface area contributed by atoms with Gasteiger partial charge in [-0.3, -0.25) is 4.79 Å². The van der Waals surface area contributed by atoms with Gasteiger partial charge in [0.15, 0.2) is 0 Å². The van der Waals surface area contributed by atoms with Crippen LogP contribution in [0.25, 0.3) is 0 Å². The predicted octanol–water partition coefficient (Wildman–Crippen LogP) is 1.69. The third-order valence-electron chi connectivity index (χ3n) is 4.31. The van der Waals surface area contributed by atoms with Crippen LogP contribution < -0.4 is 10.2 Å². The van der Waals surface area contributed by atoms with Crippen molar-refractivity contribution < 1.29 is 14.3 Å². The van der Waals surface area contributed by atoms with E-state index in [2.05, 4.69) is 15.3 Å². The summed E-state index contributed by atoms with van der Waals surface area (Å²) in [4.78, 5) is 36.2. The first kappa shape index (κ1) is 18.6. The van der Waals surface area contributed by atoms with Gasteiger partial charge in [-0.2, -0.15) is 0 Å². The molecule has 8 heteroatoms. The number of anilines is 1. The maximum absolute atomic E-state index is 12.4. The number of ether oxygens (including phenoxy) is 1. The summed E-state index contributed by atoms with van der Waals surface area (Å²) in [6, 6.07) is 11.4. The minimum Gasteiger partial charge on any atom is -0.450 e. The highest BCUT2D eigenvalue weighted by molar-refractivity contribution is 5.92. The molecule has 2 amide bonds. The van der Waals surface area contributed by atoms with Crippen LogP contribution in [0.1, 0.15) is 23.0 Å². The van der Waals surface area contributed by atoms with Gasteiger partial charge in [-0.05, 0) is 12.5 Å². The number of carbonyl (C=O) groups is 2. The van der Waals surface area contributed by atoms with Crippen LogP contribution >= 0.6 is 0 Å². The maximum atomic E-state index is 12.4. The molecule has 1 N–H and O–H groups in total. The molecule has 2 heterocycles. The summed E-state index contributed by atoms with van der Waals surface area (Å²) in [6.07, 6.45) is 1.10. The zero-order valence-corrected chi connectivity index (χ0v) is 15.3. The van der Waals surface area contributed by atoms with Crippen molar-refractivity contribution in [2.24, 2.45) is 0 Å². The molecule has 1 fully saturated rings. The number of nitrogens with zero attached hydrogens (tertiary/aromatic N) is 4. The Morgan fingerprint density at radius 2 is 1.85 bits per heavy atom. The largest absolute Gasteiger partial charge is 0.450 e. The van der Waals surface area contributed by atoms with Crippen molar-refractivity contribution in [1.29, 1.82) is 0 Å². The monoisotopic (exact) mass is 369 g/mol. The first-order chi connectivity index (χ1) is 13.2. The van der Waals surface area contributed by atoms with Crippen molar-refractivity contribution in [2.45, 2.75) is 13.5 Å². The Balaban J connectivity index is 1.57. The van der Waals surface area contributed by atoms with Gasteiger partial charge >= 0.3 is 6.09 Å². The molecule has 0 unspecified atom stereocenters. The van der Waals surface area contributed by atoms with Crippen LogP contribution in [0, 0.1) is 0 Å². The number of rotatable bonds is 5. The quantitative estimate of drug-likeness (QED) is 0.863. The molecule has 2 aromatic rings. The van der Waals surface area contributed by atoms with E-state index in [4.69, 9.17) is 4.74 Å². The van der Waals surface area contributed by atoms with Crippen LogP contribution in [-0.2, 0) is 11.3 Å². The molecule has 1 aliphatic rings. The van der Waals surface area contributed by atoms with E-state index >= 15 is 0 Å². The van der Waals surface area contributed by atoms with Crippen molar-refractivity contribution in [3.8, 4) is 0 Å². The minimum absolute atomic E-state index is 0.243. The van der Waals surface area contributed by atoms with Gasteiger partial charge in [0.1, 0.15) is 17.8 Å². The zero-order chi connectivity index (χ0) is 19.1. The van der Waals surface area contributed by atoms with Gasteiger partial charge in [0, 0.05) is 38.8 Å². The fraction of sp³-hybridized carbons (Fsp3) is 0.368. The average molecular weight is 369 g/mol. The molecule has 0 radical (unpaired) electrons. The van der Waals surface area contributed by atoms with Crippen LogP contribution in [-0.4, -0.2) is 59.7 Å². The second-order valence-electron chi connectivity index (χ2n) is 6.10. The fourth-order valence-corrected chi connectivity index (χ4v) is 2.85. The molecule has 0 saturated carbocycles. The summed E-state index contributed by atoms with van der Waals surface area (Å²) in [5.74, 6) is 0.436. The standard InChI is InChI=1S/C19H23N5O3/c1-2-27-19(26)24-10-8-23(9-11-24)17-12-16(21-14-22-17)18(25)20-13-15-6-4-3-5-7-15/h3-7,12,14H,2,8-11,13H2,1H3,(H,20,25). The van der Waals surface area contributed by atoms with Crippen molar-refractivity contribution in [3.63, 3.8) is 0 Å². The lowest BCUT2D eigenvalue weighted by atomic mass is 10.2. The van der Waals surface area contributed by atoms with Gasteiger partial charge < -0.3 is 19.9 Å². The molecular weight excluding hydrogens is 346 g/mol. The third kappa shape index (κ3) is 4.93. The molecule has 1 saturated heterocycles. The van der Waals surface area contributed by atoms with Crippen molar-refractivity contribution in [3.05, 3.63) is 54.0 Å². The summed E-state index contributed by atoms with van der Waals surface area (Å²) in [5, 5.41) is 2.86. The van der Waals surface area contributed by atoms with E-state index in [0.717, 1.165) is 5.56 Å². The highest BCUT2D eigenvalue weighted by Crippen LogP contribution is 2.14. The van der Waals surface area contributed by atoms with E-state index in [1.165, 1.54) is 6.33 Å². The van der Waals surface area contributed by atoms with Crippen LogP contribution in [0.15, 0.2) is 42.7 Å². The lowest BCUT2D eigenvalue weighted by Gasteiger charge is -2.34. The fourth-order valence-electron chi connectivity index (χ4n) is 2.85. The van der Waals surface area contributed by atoms with Crippen LogP contribution in [0.2, 0.25) is 0 Å². The molecular formula is C19H23N5O3. The maximum Gasteiger partial charge on any atom is 0.409 e. The number of aromatic nitrogens is 2. The normalized spacial score (nSPS) is 14.0. The molecule has 1 aromatic carbocycles. The molecule has 1 aromatic heterocycles. The number of hydrogen-bond donors (Lipinski definition) is 1. The highest BCUT2D eigenvalue weighted by atomic mass is 16.6. The van der Waals surface area contributed by atoms with Crippen LogP contribution in [0.5, 0.6) is 0 Å². The SMILES string of the molecule is CCOC(=O)N1CCN(c2cc(C(=O)NCc3ccccc3)ncn2)CC1. The number of nitrogens with one attached hydrogen (secondary N) is 1. The van der Waals surface area contributed by atoms with Crippen LogP contribution in [0.4, 0.5) is 10.6 Å². The van der Waals surface area contributed by atoms with Gasteiger partial charge in [-0.25, -0.2) is 14.8 Å². The molecule has 0 aliphatic carbocycles. The molecule has 8 nitrogen and oxygen atoms in total. The molecule has 1 aliphatic heterocycles. The second kappa shape index (κ2) is 8.98. The highest BCUT2D eigenvalue weighted by Gasteiger charge is 2.23. The summed E-state index contributed by atoms with van der Waals surface area (Å²) in [5.41, 5.74) is 1.35. The molecule has 27 heavy (non-hydrogen) atoms. The second-order valence-corrected chi connectivity index (χ2v) is 6.10. The smallest absolute Gasteiger partial charge is 0.409 e. The van der Waals surface area contributed by atoms with E-state index < -0.39 is 0 Å². The lowest BCUT2D eigenvalue weighted by Crippen LogP contribution is -2.49. The molecule has 3 rings (SSSR count). The number of amides is 2. The summed E-state index contributed by atoms with van der Waals surface area (Å²) >= 11 is 0. The molecule has 0 spiro atoms. The predicted molar refractivity (Wildman–Crippen MR) is 100 cm³/mol. The van der Waals surface area contributed by atoms with E-state index in [0.29, 0.717) is 50.8 Å². The van der Waals surface area contributed by atoms with Crippen molar-refractivity contribution >= 4 is 17.8 Å². The molecule has 0 bridgehead atoms. The van der Waals surface area contributed by atoms with E-state index in [-0.39, 0.29) is 12.0 Å². The lowest BCUT2D eigenvalue weighted by molar-refractivity contribution is 0.0945. The number of piperazine rings is 1. The van der Waals surface area contributed by atoms with E-state index in [1.54, 1.807) is 17.9 Å². The number of hydrogen-bond acceptors (Lipinski definition) is 6. The van der Waals surface area contributed by atoms with Gasteiger partial charge in [0.2, 0.25) is 0 Å². The number of carbonyl (C=O) groups excluding carboxylic acids is 2. The Bertz CT molecular complexity index is 776. The minimum atomic E-state index is -0.291. The Labute approximate surface area is 158 Å².